The molecule has 1 aliphatic heterocycles. The van der Waals surface area contributed by atoms with Crippen LogP contribution in [0, 0.1) is 17.8 Å². The predicted molar refractivity (Wildman–Crippen MR) is 99.6 cm³/mol. The number of amides is 1. The number of nitrogens with zero attached hydrogens (tertiary/aromatic N) is 3. The number of likely N-dealkylation sites (tertiary alicyclic amines) is 1. The number of aromatic nitrogens is 2. The largest absolute Gasteiger partial charge is 0.376 e. The third-order valence-electron chi connectivity index (χ3n) is 6.53. The standard InChI is InChI=1S/C20H32N4O2/c1-23(2)18-7-16-11-24(20(25)6-5-15-9-21-22-10-15)12-17(16)8-19(18)26-13-14-3-4-14/h9-10,14,16-19H,3-8,11-13H2,1-2H3,(H,21,22)/t16-,17+,18-,19-/m1/s1. The van der Waals surface area contributed by atoms with Gasteiger partial charge in [0.2, 0.25) is 5.91 Å². The highest BCUT2D eigenvalue weighted by Gasteiger charge is 2.44. The van der Waals surface area contributed by atoms with Crippen LogP contribution in [0.5, 0.6) is 0 Å². The zero-order valence-corrected chi connectivity index (χ0v) is 16.1. The molecule has 1 aromatic heterocycles. The number of ether oxygens (including phenoxy) is 1. The molecule has 2 heterocycles. The number of hydrogen-bond donors (Lipinski definition) is 1. The predicted octanol–water partition coefficient (Wildman–Crippen LogP) is 1.94. The molecule has 2 saturated carbocycles. The van der Waals surface area contributed by atoms with Crippen LogP contribution in [0.4, 0.5) is 0 Å². The Balaban J connectivity index is 1.32. The van der Waals surface area contributed by atoms with Crippen molar-refractivity contribution in [2.45, 2.75) is 50.7 Å². The van der Waals surface area contributed by atoms with Crippen molar-refractivity contribution in [3.05, 3.63) is 18.0 Å². The van der Waals surface area contributed by atoms with E-state index in [2.05, 4.69) is 34.1 Å². The number of aryl methyl sites for hydroxylation is 1. The zero-order valence-electron chi connectivity index (χ0n) is 16.1. The number of rotatable bonds is 7. The Bertz CT molecular complexity index is 599. The van der Waals surface area contributed by atoms with E-state index in [1.54, 1.807) is 6.20 Å². The SMILES string of the molecule is CN(C)[C@@H]1C[C@@H]2CN(C(=O)CCc3cn[nH]c3)C[C@@H]2C[C@H]1OCC1CC1. The summed E-state index contributed by atoms with van der Waals surface area (Å²) in [6.07, 6.45) is 10.3. The van der Waals surface area contributed by atoms with Crippen molar-refractivity contribution < 1.29 is 9.53 Å². The van der Waals surface area contributed by atoms with Gasteiger partial charge in [0.25, 0.3) is 0 Å². The Labute approximate surface area is 156 Å². The number of aromatic amines is 1. The van der Waals surface area contributed by atoms with Crippen LogP contribution in [0.1, 0.15) is 37.7 Å². The van der Waals surface area contributed by atoms with Crippen molar-refractivity contribution in [2.24, 2.45) is 17.8 Å². The molecule has 4 atom stereocenters. The molecule has 144 valence electrons. The molecule has 3 fully saturated rings. The molecule has 4 rings (SSSR count). The van der Waals surface area contributed by atoms with Gasteiger partial charge in [-0.1, -0.05) is 0 Å². The summed E-state index contributed by atoms with van der Waals surface area (Å²) in [6.45, 7) is 2.77. The maximum atomic E-state index is 12.7. The smallest absolute Gasteiger partial charge is 0.222 e. The van der Waals surface area contributed by atoms with Gasteiger partial charge in [-0.3, -0.25) is 9.89 Å². The third kappa shape index (κ3) is 4.12. The van der Waals surface area contributed by atoms with Gasteiger partial charge < -0.3 is 14.5 Å². The molecule has 26 heavy (non-hydrogen) atoms. The van der Waals surface area contributed by atoms with Crippen LogP contribution in [0.3, 0.4) is 0 Å². The molecular formula is C20H32N4O2. The average molecular weight is 361 g/mol. The van der Waals surface area contributed by atoms with Crippen LogP contribution in [-0.2, 0) is 16.0 Å². The first kappa shape index (κ1) is 18.0. The number of fused-ring (bicyclic) bond motifs is 1. The fourth-order valence-electron chi connectivity index (χ4n) is 4.68. The highest BCUT2D eigenvalue weighted by molar-refractivity contribution is 5.76. The van der Waals surface area contributed by atoms with Gasteiger partial charge >= 0.3 is 0 Å². The van der Waals surface area contributed by atoms with E-state index < -0.39 is 0 Å². The van der Waals surface area contributed by atoms with E-state index >= 15 is 0 Å². The quantitative estimate of drug-likeness (QED) is 0.807. The Morgan fingerprint density at radius 2 is 2.08 bits per heavy atom. The van der Waals surface area contributed by atoms with Gasteiger partial charge in [-0.25, -0.2) is 0 Å². The minimum atomic E-state index is 0.289. The van der Waals surface area contributed by atoms with Crippen LogP contribution in [0.25, 0.3) is 0 Å². The number of carbonyl (C=O) groups excluding carboxylic acids is 1. The van der Waals surface area contributed by atoms with Gasteiger partial charge in [0.15, 0.2) is 0 Å². The molecule has 1 N–H and O–H groups in total. The summed E-state index contributed by atoms with van der Waals surface area (Å²) in [7, 11) is 4.34. The molecular weight excluding hydrogens is 328 g/mol. The molecule has 0 radical (unpaired) electrons. The van der Waals surface area contributed by atoms with Gasteiger partial charge in [0, 0.05) is 38.4 Å². The van der Waals surface area contributed by atoms with Gasteiger partial charge in [-0.2, -0.15) is 5.10 Å². The van der Waals surface area contributed by atoms with E-state index in [0.717, 1.165) is 50.4 Å². The summed E-state index contributed by atoms with van der Waals surface area (Å²) in [5.41, 5.74) is 1.11. The summed E-state index contributed by atoms with van der Waals surface area (Å²) in [5, 5.41) is 6.77. The van der Waals surface area contributed by atoms with E-state index in [1.165, 1.54) is 12.8 Å². The topological polar surface area (TPSA) is 61.5 Å². The molecule has 6 nitrogen and oxygen atoms in total. The minimum absolute atomic E-state index is 0.289. The van der Waals surface area contributed by atoms with Gasteiger partial charge in [0.1, 0.15) is 0 Å². The second-order valence-electron chi connectivity index (χ2n) is 8.74. The number of carbonyl (C=O) groups is 1. The van der Waals surface area contributed by atoms with E-state index in [1.807, 2.05) is 6.20 Å². The number of likely N-dealkylation sites (N-methyl/N-ethyl adjacent to an activating group) is 1. The van der Waals surface area contributed by atoms with Gasteiger partial charge in [-0.05, 0) is 69.5 Å². The summed E-state index contributed by atoms with van der Waals surface area (Å²) >= 11 is 0. The number of hydrogen-bond acceptors (Lipinski definition) is 4. The fraction of sp³-hybridized carbons (Fsp3) is 0.800. The van der Waals surface area contributed by atoms with Crippen LogP contribution in [-0.4, -0.2) is 71.8 Å². The van der Waals surface area contributed by atoms with Crippen LogP contribution in [0.2, 0.25) is 0 Å². The monoisotopic (exact) mass is 360 g/mol. The lowest BCUT2D eigenvalue weighted by molar-refractivity contribution is -0.130. The summed E-state index contributed by atoms with van der Waals surface area (Å²) < 4.78 is 6.33. The average Bonchev–Trinajstić information content (AvgIpc) is 3.14. The Hall–Kier alpha value is -1.40. The van der Waals surface area contributed by atoms with E-state index in [-0.39, 0.29) is 5.91 Å². The number of nitrogens with one attached hydrogen (secondary N) is 1. The van der Waals surface area contributed by atoms with Crippen molar-refractivity contribution in [3.8, 4) is 0 Å². The highest BCUT2D eigenvalue weighted by atomic mass is 16.5. The number of H-pyrrole nitrogens is 1. The maximum Gasteiger partial charge on any atom is 0.222 e. The van der Waals surface area contributed by atoms with E-state index in [4.69, 9.17) is 4.74 Å². The van der Waals surface area contributed by atoms with Crippen LogP contribution < -0.4 is 0 Å². The molecule has 0 spiro atoms. The molecule has 1 saturated heterocycles. The first-order chi connectivity index (χ1) is 12.6. The fourth-order valence-corrected chi connectivity index (χ4v) is 4.68. The third-order valence-corrected chi connectivity index (χ3v) is 6.53. The summed E-state index contributed by atoms with van der Waals surface area (Å²) in [6, 6.07) is 0.482. The lowest BCUT2D eigenvalue weighted by atomic mass is 9.77. The first-order valence-corrected chi connectivity index (χ1v) is 10.1. The van der Waals surface area contributed by atoms with Crippen molar-refractivity contribution in [2.75, 3.05) is 33.8 Å². The van der Waals surface area contributed by atoms with Gasteiger partial charge in [-0.15, -0.1) is 0 Å². The summed E-state index contributed by atoms with van der Waals surface area (Å²) in [5.74, 6) is 2.33. The lowest BCUT2D eigenvalue weighted by Crippen LogP contribution is -2.48. The molecule has 2 aliphatic carbocycles. The summed E-state index contributed by atoms with van der Waals surface area (Å²) in [4.78, 5) is 17.1. The Morgan fingerprint density at radius 3 is 2.73 bits per heavy atom. The molecule has 1 amide bonds. The first-order valence-electron chi connectivity index (χ1n) is 10.1. The van der Waals surface area contributed by atoms with Crippen molar-refractivity contribution >= 4 is 5.91 Å². The lowest BCUT2D eigenvalue weighted by Gasteiger charge is -2.41. The molecule has 0 bridgehead atoms. The second kappa shape index (κ2) is 7.69. The molecule has 3 aliphatic rings. The van der Waals surface area contributed by atoms with Crippen molar-refractivity contribution in [1.29, 1.82) is 0 Å². The normalized spacial score (nSPS) is 31.4. The highest BCUT2D eigenvalue weighted by Crippen LogP contribution is 2.40. The van der Waals surface area contributed by atoms with E-state index in [9.17, 15) is 4.79 Å². The Kier molecular flexibility index (Phi) is 5.32. The minimum Gasteiger partial charge on any atom is -0.376 e. The molecule has 0 unspecified atom stereocenters. The molecule has 1 aromatic rings. The van der Waals surface area contributed by atoms with Crippen LogP contribution >= 0.6 is 0 Å². The molecule has 6 heteroatoms. The van der Waals surface area contributed by atoms with Crippen molar-refractivity contribution in [3.63, 3.8) is 0 Å². The molecule has 0 aromatic carbocycles. The Morgan fingerprint density at radius 1 is 1.31 bits per heavy atom. The van der Waals surface area contributed by atoms with Crippen molar-refractivity contribution in [1.82, 2.24) is 20.0 Å². The van der Waals surface area contributed by atoms with Crippen LogP contribution in [0.15, 0.2) is 12.4 Å². The zero-order chi connectivity index (χ0) is 18.1. The van der Waals surface area contributed by atoms with Gasteiger partial charge in [0.05, 0.1) is 12.3 Å². The second-order valence-corrected chi connectivity index (χ2v) is 8.74. The maximum absolute atomic E-state index is 12.7. The van der Waals surface area contributed by atoms with E-state index in [0.29, 0.717) is 30.4 Å².